The SMILES string of the molecule is CCCN1Cc2[nH]c(-c3cnn(Cc4cccc(C(F)(F)F)c4)c3)nc2N=C1Cc1ccccc1. The van der Waals surface area contributed by atoms with Gasteiger partial charge in [0.25, 0.3) is 0 Å². The van der Waals surface area contributed by atoms with Crippen molar-refractivity contribution < 1.29 is 13.2 Å². The zero-order valence-electron chi connectivity index (χ0n) is 19.3. The lowest BCUT2D eigenvalue weighted by atomic mass is 10.1. The Bertz CT molecular complexity index is 1340. The Kier molecular flexibility index (Phi) is 6.15. The van der Waals surface area contributed by atoms with Crippen LogP contribution in [0.4, 0.5) is 19.0 Å². The topological polar surface area (TPSA) is 62.1 Å². The number of nitrogens with zero attached hydrogens (tertiary/aromatic N) is 5. The normalized spacial score (nSPS) is 13.6. The number of alkyl halides is 3. The molecule has 5 rings (SSSR count). The number of aromatic amines is 1. The van der Waals surface area contributed by atoms with Gasteiger partial charge in [-0.15, -0.1) is 0 Å². The summed E-state index contributed by atoms with van der Waals surface area (Å²) in [6.07, 6.45) is 0.813. The van der Waals surface area contributed by atoms with Gasteiger partial charge in [0.05, 0.1) is 36.1 Å². The summed E-state index contributed by atoms with van der Waals surface area (Å²) in [7, 11) is 0. The summed E-state index contributed by atoms with van der Waals surface area (Å²) in [6.45, 7) is 3.97. The van der Waals surface area contributed by atoms with Gasteiger partial charge in [0.15, 0.2) is 5.82 Å². The van der Waals surface area contributed by atoms with Crippen molar-refractivity contribution in [3.63, 3.8) is 0 Å². The molecular formula is C26H25F3N6. The zero-order valence-corrected chi connectivity index (χ0v) is 19.3. The second-order valence-electron chi connectivity index (χ2n) is 8.62. The van der Waals surface area contributed by atoms with E-state index < -0.39 is 11.7 Å². The van der Waals surface area contributed by atoms with Gasteiger partial charge in [-0.2, -0.15) is 18.3 Å². The maximum Gasteiger partial charge on any atom is 0.416 e. The van der Waals surface area contributed by atoms with Crippen LogP contribution < -0.4 is 0 Å². The molecule has 35 heavy (non-hydrogen) atoms. The number of benzene rings is 2. The molecule has 180 valence electrons. The highest BCUT2D eigenvalue weighted by molar-refractivity contribution is 5.88. The van der Waals surface area contributed by atoms with Crippen LogP contribution in [-0.4, -0.2) is 37.0 Å². The highest BCUT2D eigenvalue weighted by Gasteiger charge is 2.30. The van der Waals surface area contributed by atoms with Crippen molar-refractivity contribution in [1.29, 1.82) is 0 Å². The molecule has 0 aliphatic carbocycles. The van der Waals surface area contributed by atoms with E-state index in [1.165, 1.54) is 11.6 Å². The Morgan fingerprint density at radius 3 is 2.60 bits per heavy atom. The second kappa shape index (κ2) is 9.40. The Hall–Kier alpha value is -3.88. The van der Waals surface area contributed by atoms with Gasteiger partial charge in [0.2, 0.25) is 0 Å². The molecular weight excluding hydrogens is 453 g/mol. The van der Waals surface area contributed by atoms with Crippen LogP contribution in [0.2, 0.25) is 0 Å². The van der Waals surface area contributed by atoms with Gasteiger partial charge in [-0.3, -0.25) is 4.68 Å². The van der Waals surface area contributed by atoms with Crippen molar-refractivity contribution in [3.05, 3.63) is 89.4 Å². The van der Waals surface area contributed by atoms with Crippen LogP contribution in [0.15, 0.2) is 72.0 Å². The predicted octanol–water partition coefficient (Wildman–Crippen LogP) is 5.84. The summed E-state index contributed by atoms with van der Waals surface area (Å²) in [5.74, 6) is 2.30. The average molecular weight is 479 g/mol. The third-order valence-electron chi connectivity index (χ3n) is 5.91. The monoisotopic (exact) mass is 478 g/mol. The number of rotatable bonds is 7. The third-order valence-corrected chi connectivity index (χ3v) is 5.91. The van der Waals surface area contributed by atoms with Crippen LogP contribution in [0.3, 0.4) is 0 Å². The van der Waals surface area contributed by atoms with E-state index in [9.17, 15) is 13.2 Å². The predicted molar refractivity (Wildman–Crippen MR) is 128 cm³/mol. The first-order valence-electron chi connectivity index (χ1n) is 11.5. The summed E-state index contributed by atoms with van der Waals surface area (Å²) < 4.78 is 40.7. The molecule has 9 heteroatoms. The molecule has 0 fully saturated rings. The number of halogens is 3. The number of aliphatic imine (C=N–C) groups is 1. The number of hydrogen-bond donors (Lipinski definition) is 1. The molecule has 0 amide bonds. The number of H-pyrrole nitrogens is 1. The lowest BCUT2D eigenvalue weighted by molar-refractivity contribution is -0.137. The molecule has 6 nitrogen and oxygen atoms in total. The van der Waals surface area contributed by atoms with Gasteiger partial charge in [-0.1, -0.05) is 49.4 Å². The molecule has 0 atom stereocenters. The Morgan fingerprint density at radius 1 is 1.03 bits per heavy atom. The molecule has 0 bridgehead atoms. The van der Waals surface area contributed by atoms with Crippen molar-refractivity contribution in [2.75, 3.05) is 6.54 Å². The fourth-order valence-corrected chi connectivity index (χ4v) is 4.23. The molecule has 0 saturated heterocycles. The van der Waals surface area contributed by atoms with Gasteiger partial charge in [0, 0.05) is 19.2 Å². The average Bonchev–Trinajstić information content (AvgIpc) is 3.46. The summed E-state index contributed by atoms with van der Waals surface area (Å²) in [5, 5.41) is 4.33. The number of nitrogens with one attached hydrogen (secondary N) is 1. The van der Waals surface area contributed by atoms with E-state index in [1.54, 1.807) is 23.1 Å². The first-order chi connectivity index (χ1) is 16.9. The summed E-state index contributed by atoms with van der Waals surface area (Å²) in [6, 6.07) is 15.5. The van der Waals surface area contributed by atoms with E-state index in [-0.39, 0.29) is 6.54 Å². The van der Waals surface area contributed by atoms with Crippen LogP contribution in [-0.2, 0) is 25.7 Å². The summed E-state index contributed by atoms with van der Waals surface area (Å²) >= 11 is 0. The van der Waals surface area contributed by atoms with Gasteiger partial charge in [-0.25, -0.2) is 9.98 Å². The lowest BCUT2D eigenvalue weighted by Crippen LogP contribution is -2.34. The minimum Gasteiger partial charge on any atom is -0.354 e. The highest BCUT2D eigenvalue weighted by atomic mass is 19.4. The minimum absolute atomic E-state index is 0.230. The largest absolute Gasteiger partial charge is 0.416 e. The van der Waals surface area contributed by atoms with Crippen LogP contribution in [0, 0.1) is 0 Å². The first kappa shape index (κ1) is 22.9. The zero-order chi connectivity index (χ0) is 24.4. The van der Waals surface area contributed by atoms with Gasteiger partial charge in [-0.05, 0) is 29.7 Å². The standard InChI is InChI=1S/C26H25F3N6/c1-2-11-34-17-22-25(32-23(34)13-18-7-4-3-5-8-18)33-24(31-22)20-14-30-35(16-20)15-19-9-6-10-21(12-19)26(27,28)29/h3-10,12,14,16H,2,11,13,15,17H2,1H3,(H,31,33). The van der Waals surface area contributed by atoms with E-state index in [0.29, 0.717) is 23.8 Å². The molecule has 3 heterocycles. The van der Waals surface area contributed by atoms with Gasteiger partial charge < -0.3 is 9.88 Å². The third kappa shape index (κ3) is 5.13. The second-order valence-corrected chi connectivity index (χ2v) is 8.62. The van der Waals surface area contributed by atoms with Crippen molar-refractivity contribution in [1.82, 2.24) is 24.6 Å². The van der Waals surface area contributed by atoms with Crippen molar-refractivity contribution >= 4 is 11.7 Å². The Morgan fingerprint density at radius 2 is 1.83 bits per heavy atom. The fraction of sp³-hybridized carbons (Fsp3) is 0.269. The Labute approximate surface area is 201 Å². The minimum atomic E-state index is -4.37. The van der Waals surface area contributed by atoms with Crippen LogP contribution in [0.5, 0.6) is 0 Å². The smallest absolute Gasteiger partial charge is 0.354 e. The quantitative estimate of drug-likeness (QED) is 0.363. The summed E-state index contributed by atoms with van der Waals surface area (Å²) in [4.78, 5) is 15.2. The van der Waals surface area contributed by atoms with Gasteiger partial charge >= 0.3 is 6.18 Å². The number of amidine groups is 1. The summed E-state index contributed by atoms with van der Waals surface area (Å²) in [5.41, 5.74) is 2.76. The molecule has 0 radical (unpaired) electrons. The fourth-order valence-electron chi connectivity index (χ4n) is 4.23. The van der Waals surface area contributed by atoms with Gasteiger partial charge in [0.1, 0.15) is 11.7 Å². The number of hydrogen-bond acceptors (Lipinski definition) is 4. The number of aromatic nitrogens is 4. The first-order valence-corrected chi connectivity index (χ1v) is 11.5. The van der Waals surface area contributed by atoms with E-state index in [1.807, 2.05) is 18.2 Å². The van der Waals surface area contributed by atoms with Crippen molar-refractivity contribution in [2.24, 2.45) is 4.99 Å². The van der Waals surface area contributed by atoms with Crippen molar-refractivity contribution in [2.45, 2.75) is 39.0 Å². The Balaban J connectivity index is 1.37. The van der Waals surface area contributed by atoms with Crippen LogP contribution in [0.1, 0.15) is 35.7 Å². The highest BCUT2D eigenvalue weighted by Crippen LogP contribution is 2.31. The maximum atomic E-state index is 13.0. The van der Waals surface area contributed by atoms with E-state index >= 15 is 0 Å². The number of imidazole rings is 1. The molecule has 2 aromatic carbocycles. The molecule has 1 N–H and O–H groups in total. The molecule has 0 saturated carbocycles. The lowest BCUT2D eigenvalue weighted by Gasteiger charge is -2.28. The maximum absolute atomic E-state index is 13.0. The molecule has 1 aliphatic heterocycles. The molecule has 0 spiro atoms. The molecule has 0 unspecified atom stereocenters. The van der Waals surface area contributed by atoms with E-state index in [4.69, 9.17) is 9.98 Å². The molecule has 2 aromatic heterocycles. The molecule has 4 aromatic rings. The van der Waals surface area contributed by atoms with Crippen LogP contribution >= 0.6 is 0 Å². The molecule has 1 aliphatic rings. The van der Waals surface area contributed by atoms with Crippen LogP contribution in [0.25, 0.3) is 11.4 Å². The van der Waals surface area contributed by atoms with Crippen molar-refractivity contribution in [3.8, 4) is 11.4 Å². The van der Waals surface area contributed by atoms with E-state index in [2.05, 4.69) is 34.0 Å². The number of fused-ring (bicyclic) bond motifs is 1. The van der Waals surface area contributed by atoms with E-state index in [0.717, 1.165) is 48.6 Å².